The van der Waals surface area contributed by atoms with Crippen LogP contribution in [-0.2, 0) is 5.41 Å². The summed E-state index contributed by atoms with van der Waals surface area (Å²) in [6.07, 6.45) is 15.6. The van der Waals surface area contributed by atoms with Crippen molar-refractivity contribution in [2.45, 2.75) is 43.9 Å². The SMILES string of the molecule is C/C=C\C=C/CC1(c2ccccc2)c2ccccc2-c2ccc(N(C3=CCCCC3c3ccccc3)c3ccc4ccc5ccccc5c4c3)cc21. The van der Waals surface area contributed by atoms with Crippen LogP contribution in [0.15, 0.2) is 194 Å². The maximum absolute atomic E-state index is 2.59. The highest BCUT2D eigenvalue weighted by molar-refractivity contribution is 6.08. The van der Waals surface area contributed by atoms with Crippen molar-refractivity contribution in [3.8, 4) is 11.1 Å². The minimum Gasteiger partial charge on any atom is -0.314 e. The zero-order valence-electron chi connectivity index (χ0n) is 29.8. The van der Waals surface area contributed by atoms with Gasteiger partial charge < -0.3 is 4.90 Å². The van der Waals surface area contributed by atoms with Gasteiger partial charge in [-0.15, -0.1) is 0 Å². The van der Waals surface area contributed by atoms with Crippen molar-refractivity contribution in [2.75, 3.05) is 4.90 Å². The Labute approximate surface area is 307 Å². The van der Waals surface area contributed by atoms with E-state index in [1.165, 1.54) is 78.4 Å². The molecule has 1 heteroatoms. The van der Waals surface area contributed by atoms with Crippen LogP contribution < -0.4 is 4.90 Å². The van der Waals surface area contributed by atoms with Gasteiger partial charge >= 0.3 is 0 Å². The topological polar surface area (TPSA) is 3.24 Å². The second kappa shape index (κ2) is 13.7. The van der Waals surface area contributed by atoms with Gasteiger partial charge in [0.05, 0.1) is 0 Å². The van der Waals surface area contributed by atoms with E-state index < -0.39 is 0 Å². The first-order valence-electron chi connectivity index (χ1n) is 18.8. The van der Waals surface area contributed by atoms with E-state index in [0.717, 1.165) is 19.3 Å². The normalized spacial score (nSPS) is 18.2. The summed E-state index contributed by atoms with van der Waals surface area (Å²) in [5.41, 5.74) is 11.5. The Hall–Kier alpha value is -5.92. The maximum atomic E-state index is 2.59. The van der Waals surface area contributed by atoms with Crippen LogP contribution in [0.25, 0.3) is 32.7 Å². The second-order valence-corrected chi connectivity index (χ2v) is 14.3. The number of nitrogens with zero attached hydrogens (tertiary/aromatic N) is 1. The van der Waals surface area contributed by atoms with Crippen LogP contribution in [0, 0.1) is 0 Å². The van der Waals surface area contributed by atoms with Gasteiger partial charge in [-0.05, 0) is 112 Å². The molecule has 0 amide bonds. The zero-order chi connectivity index (χ0) is 34.9. The van der Waals surface area contributed by atoms with Gasteiger partial charge in [0.15, 0.2) is 0 Å². The van der Waals surface area contributed by atoms with Crippen molar-refractivity contribution in [2.24, 2.45) is 0 Å². The van der Waals surface area contributed by atoms with Gasteiger partial charge in [0.25, 0.3) is 0 Å². The summed E-state index contributed by atoms with van der Waals surface area (Å²) in [6.45, 7) is 2.08. The summed E-state index contributed by atoms with van der Waals surface area (Å²) >= 11 is 0. The summed E-state index contributed by atoms with van der Waals surface area (Å²) in [6, 6.07) is 59.0. The Kier molecular flexibility index (Phi) is 8.41. The molecule has 52 heavy (non-hydrogen) atoms. The lowest BCUT2D eigenvalue weighted by molar-refractivity contribution is 0.613. The number of hydrogen-bond donors (Lipinski definition) is 0. The van der Waals surface area contributed by atoms with Gasteiger partial charge in [-0.1, -0.05) is 164 Å². The molecule has 0 saturated heterocycles. The molecule has 0 radical (unpaired) electrons. The number of fused-ring (bicyclic) bond motifs is 6. The van der Waals surface area contributed by atoms with Gasteiger partial charge in [-0.25, -0.2) is 0 Å². The Bertz CT molecular complexity index is 2490. The molecule has 2 aliphatic rings. The van der Waals surface area contributed by atoms with Crippen LogP contribution >= 0.6 is 0 Å². The van der Waals surface area contributed by atoms with Crippen LogP contribution in [0.4, 0.5) is 11.4 Å². The molecule has 9 rings (SSSR count). The lowest BCUT2D eigenvalue weighted by atomic mass is 9.70. The predicted molar refractivity (Wildman–Crippen MR) is 221 cm³/mol. The van der Waals surface area contributed by atoms with E-state index in [1.807, 2.05) is 0 Å². The van der Waals surface area contributed by atoms with E-state index >= 15 is 0 Å². The van der Waals surface area contributed by atoms with Crippen LogP contribution in [0.2, 0.25) is 0 Å². The predicted octanol–water partition coefficient (Wildman–Crippen LogP) is 13.8. The standard InChI is InChI=1S/C51H43N/c1-2-3-4-17-34-51(40-21-9-6-10-22-40)48-26-15-13-25-45(48)46-33-32-42(36-49(46)51)52(50-27-16-14-24-44(50)37-18-7-5-8-19-37)41-31-30-39-29-28-38-20-11-12-23-43(38)47(39)35-41/h2-13,15,17-23,25-33,35-36,44H,14,16,24,34H2,1H3/b3-2-,17-4-. The summed E-state index contributed by atoms with van der Waals surface area (Å²) < 4.78 is 0. The summed E-state index contributed by atoms with van der Waals surface area (Å²) in [7, 11) is 0. The van der Waals surface area contributed by atoms with Crippen LogP contribution in [0.5, 0.6) is 0 Å². The quantitative estimate of drug-likeness (QED) is 0.115. The molecule has 0 fully saturated rings. The van der Waals surface area contributed by atoms with Gasteiger partial charge in [-0.3, -0.25) is 0 Å². The number of benzene rings is 7. The molecule has 252 valence electrons. The molecule has 0 spiro atoms. The fourth-order valence-electron chi connectivity index (χ4n) is 9.01. The molecule has 7 aromatic rings. The molecular formula is C51H43N. The Morgan fingerprint density at radius 1 is 0.615 bits per heavy atom. The average Bonchev–Trinajstić information content (AvgIpc) is 3.50. The van der Waals surface area contributed by atoms with E-state index in [4.69, 9.17) is 0 Å². The first kappa shape index (κ1) is 32.0. The largest absolute Gasteiger partial charge is 0.314 e. The third-order valence-electron chi connectivity index (χ3n) is 11.4. The molecular weight excluding hydrogens is 627 g/mol. The Morgan fingerprint density at radius 2 is 1.29 bits per heavy atom. The highest BCUT2D eigenvalue weighted by Crippen LogP contribution is 2.56. The first-order valence-corrected chi connectivity index (χ1v) is 18.8. The highest BCUT2D eigenvalue weighted by Gasteiger charge is 2.44. The Balaban J connectivity index is 1.30. The smallest absolute Gasteiger partial charge is 0.0498 e. The van der Waals surface area contributed by atoms with Crippen molar-refractivity contribution in [3.63, 3.8) is 0 Å². The third kappa shape index (κ3) is 5.40. The zero-order valence-corrected chi connectivity index (χ0v) is 29.8. The van der Waals surface area contributed by atoms with Gasteiger partial charge in [0.2, 0.25) is 0 Å². The van der Waals surface area contributed by atoms with Gasteiger partial charge in [0, 0.05) is 28.4 Å². The minimum absolute atomic E-state index is 0.297. The lowest BCUT2D eigenvalue weighted by Gasteiger charge is -2.37. The van der Waals surface area contributed by atoms with Gasteiger partial charge in [-0.2, -0.15) is 0 Å². The molecule has 7 aromatic carbocycles. The third-order valence-corrected chi connectivity index (χ3v) is 11.4. The first-order chi connectivity index (χ1) is 25.8. The van der Waals surface area contributed by atoms with Crippen LogP contribution in [0.1, 0.15) is 60.8 Å². The molecule has 1 nitrogen and oxygen atoms in total. The van der Waals surface area contributed by atoms with Crippen molar-refractivity contribution in [1.29, 1.82) is 0 Å². The summed E-state index contributed by atoms with van der Waals surface area (Å²) in [5.74, 6) is 0.297. The average molecular weight is 670 g/mol. The molecule has 0 saturated carbocycles. The fraction of sp³-hybridized carbons (Fsp3) is 0.137. The van der Waals surface area contributed by atoms with E-state index in [9.17, 15) is 0 Å². The number of rotatable bonds is 8. The van der Waals surface area contributed by atoms with Gasteiger partial charge in [0.1, 0.15) is 0 Å². The van der Waals surface area contributed by atoms with Crippen LogP contribution in [-0.4, -0.2) is 0 Å². The number of hydrogen-bond acceptors (Lipinski definition) is 1. The molecule has 0 N–H and O–H groups in total. The van der Waals surface area contributed by atoms with Crippen molar-refractivity contribution in [1.82, 2.24) is 0 Å². The minimum atomic E-state index is -0.327. The maximum Gasteiger partial charge on any atom is 0.0498 e. The monoisotopic (exact) mass is 669 g/mol. The van der Waals surface area contributed by atoms with E-state index in [-0.39, 0.29) is 5.41 Å². The Morgan fingerprint density at radius 3 is 2.13 bits per heavy atom. The van der Waals surface area contributed by atoms with Crippen molar-refractivity contribution < 1.29 is 0 Å². The molecule has 2 unspecified atom stereocenters. The van der Waals surface area contributed by atoms with E-state index in [1.54, 1.807) is 0 Å². The highest BCUT2D eigenvalue weighted by atomic mass is 15.2. The van der Waals surface area contributed by atoms with Crippen LogP contribution in [0.3, 0.4) is 0 Å². The molecule has 2 aliphatic carbocycles. The summed E-state index contributed by atoms with van der Waals surface area (Å²) in [4.78, 5) is 2.59. The fourth-order valence-corrected chi connectivity index (χ4v) is 9.01. The second-order valence-electron chi connectivity index (χ2n) is 14.3. The molecule has 0 bridgehead atoms. The van der Waals surface area contributed by atoms with Crippen molar-refractivity contribution >= 4 is 32.9 Å². The molecule has 2 atom stereocenters. The summed E-state index contributed by atoms with van der Waals surface area (Å²) in [5, 5.41) is 5.11. The molecule has 0 aliphatic heterocycles. The van der Waals surface area contributed by atoms with Crippen molar-refractivity contribution in [3.05, 3.63) is 216 Å². The molecule has 0 heterocycles. The van der Waals surface area contributed by atoms with E-state index in [2.05, 4.69) is 200 Å². The molecule has 0 aromatic heterocycles. The lowest BCUT2D eigenvalue weighted by Crippen LogP contribution is -2.27. The number of allylic oxidation sites excluding steroid dienone is 6. The van der Waals surface area contributed by atoms with E-state index in [0.29, 0.717) is 5.92 Å². The number of anilines is 2.